The first-order valence-corrected chi connectivity index (χ1v) is 6.95. The smallest absolute Gasteiger partial charge is 0.235 e. The maximum Gasteiger partial charge on any atom is 0.235 e. The minimum atomic E-state index is -0.673. The van der Waals surface area contributed by atoms with E-state index in [2.05, 4.69) is 6.92 Å². The molecule has 1 amide bonds. The Hall–Kier alpha value is -0.640. The molecule has 1 aliphatic heterocycles. The second kappa shape index (κ2) is 5.80. The van der Waals surface area contributed by atoms with Crippen LogP contribution in [-0.2, 0) is 4.79 Å². The molecule has 2 N–H and O–H groups in total. The molecule has 0 saturated carbocycles. The van der Waals surface area contributed by atoms with Crippen molar-refractivity contribution in [1.82, 2.24) is 4.90 Å². The van der Waals surface area contributed by atoms with Gasteiger partial charge in [-0.25, -0.2) is 0 Å². The first-order chi connectivity index (χ1) is 7.93. The summed E-state index contributed by atoms with van der Waals surface area (Å²) in [6.07, 6.45) is 5.27. The Morgan fingerprint density at radius 2 is 2.12 bits per heavy atom. The van der Waals surface area contributed by atoms with E-state index in [4.69, 9.17) is 18.0 Å². The fourth-order valence-electron chi connectivity index (χ4n) is 2.32. The Labute approximate surface area is 110 Å². The van der Waals surface area contributed by atoms with Gasteiger partial charge >= 0.3 is 0 Å². The molecule has 0 radical (unpaired) electrons. The minimum Gasteiger partial charge on any atom is -0.392 e. The molecule has 3 nitrogen and oxygen atoms in total. The standard InChI is InChI=1S/C13H24N2OS/c1-4-13(3,11(14)17)12(16)15-9-7-5-6-8-10(15)2/h10H,4-9H2,1-3H3,(H2,14,17). The predicted octanol–water partition coefficient (Wildman–Crippen LogP) is 2.48. The van der Waals surface area contributed by atoms with Crippen LogP contribution < -0.4 is 5.73 Å². The number of amides is 1. The number of hydrogen-bond donors (Lipinski definition) is 1. The number of carbonyl (C=O) groups excluding carboxylic acids is 1. The van der Waals surface area contributed by atoms with Gasteiger partial charge in [0.1, 0.15) is 0 Å². The molecule has 0 aromatic rings. The summed E-state index contributed by atoms with van der Waals surface area (Å²) in [7, 11) is 0. The Morgan fingerprint density at radius 1 is 1.47 bits per heavy atom. The number of nitrogens with zero attached hydrogens (tertiary/aromatic N) is 1. The van der Waals surface area contributed by atoms with Crippen molar-refractivity contribution in [2.24, 2.45) is 11.1 Å². The first-order valence-electron chi connectivity index (χ1n) is 6.54. The number of thiocarbonyl (C=S) groups is 1. The molecule has 98 valence electrons. The highest BCUT2D eigenvalue weighted by molar-refractivity contribution is 7.80. The summed E-state index contributed by atoms with van der Waals surface area (Å²) in [6, 6.07) is 0.310. The lowest BCUT2D eigenvalue weighted by atomic mass is 9.85. The number of carbonyl (C=O) groups is 1. The second-order valence-corrected chi connectivity index (χ2v) is 5.69. The van der Waals surface area contributed by atoms with E-state index in [-0.39, 0.29) is 5.91 Å². The summed E-state index contributed by atoms with van der Waals surface area (Å²) in [6.45, 7) is 6.81. The average molecular weight is 256 g/mol. The molecule has 2 unspecified atom stereocenters. The van der Waals surface area contributed by atoms with Crippen LogP contribution in [0.5, 0.6) is 0 Å². The molecule has 1 fully saturated rings. The predicted molar refractivity (Wildman–Crippen MR) is 74.8 cm³/mol. The maximum atomic E-state index is 12.6. The van der Waals surface area contributed by atoms with Crippen molar-refractivity contribution in [2.75, 3.05) is 6.54 Å². The molecule has 0 spiro atoms. The molecule has 1 heterocycles. The normalized spacial score (nSPS) is 24.9. The van der Waals surface area contributed by atoms with Crippen molar-refractivity contribution in [3.8, 4) is 0 Å². The first kappa shape index (κ1) is 14.4. The molecule has 0 bridgehead atoms. The van der Waals surface area contributed by atoms with Crippen LogP contribution in [0.4, 0.5) is 0 Å². The molecule has 1 aliphatic rings. The van der Waals surface area contributed by atoms with E-state index in [0.717, 1.165) is 19.4 Å². The van der Waals surface area contributed by atoms with E-state index in [9.17, 15) is 4.79 Å². The van der Waals surface area contributed by atoms with Crippen LogP contribution in [0.1, 0.15) is 52.9 Å². The van der Waals surface area contributed by atoms with Crippen molar-refractivity contribution in [2.45, 2.75) is 58.9 Å². The quantitative estimate of drug-likeness (QED) is 0.789. The summed E-state index contributed by atoms with van der Waals surface area (Å²) in [5, 5.41) is 0. The molecule has 0 aliphatic carbocycles. The molecular weight excluding hydrogens is 232 g/mol. The number of nitrogens with two attached hydrogens (primary N) is 1. The van der Waals surface area contributed by atoms with Crippen molar-refractivity contribution in [1.29, 1.82) is 0 Å². The summed E-state index contributed by atoms with van der Waals surface area (Å²) in [5.41, 5.74) is 5.08. The molecule has 1 rings (SSSR count). The van der Waals surface area contributed by atoms with Gasteiger partial charge in [-0.1, -0.05) is 32.0 Å². The van der Waals surface area contributed by atoms with Crippen LogP contribution in [0.3, 0.4) is 0 Å². The minimum absolute atomic E-state index is 0.113. The zero-order valence-electron chi connectivity index (χ0n) is 11.2. The third kappa shape index (κ3) is 2.97. The van der Waals surface area contributed by atoms with Crippen LogP contribution in [0.2, 0.25) is 0 Å². The fraction of sp³-hybridized carbons (Fsp3) is 0.846. The lowest BCUT2D eigenvalue weighted by Gasteiger charge is -2.36. The summed E-state index contributed by atoms with van der Waals surface area (Å²) >= 11 is 5.08. The van der Waals surface area contributed by atoms with E-state index >= 15 is 0 Å². The number of likely N-dealkylation sites (tertiary alicyclic amines) is 1. The van der Waals surface area contributed by atoms with Gasteiger partial charge in [0.15, 0.2) is 0 Å². The molecule has 0 aromatic carbocycles. The zero-order chi connectivity index (χ0) is 13.1. The van der Waals surface area contributed by atoms with Gasteiger partial charge in [-0.05, 0) is 33.1 Å². The van der Waals surface area contributed by atoms with Gasteiger partial charge in [-0.2, -0.15) is 0 Å². The highest BCUT2D eigenvalue weighted by Gasteiger charge is 2.39. The third-order valence-corrected chi connectivity index (χ3v) is 4.49. The monoisotopic (exact) mass is 256 g/mol. The van der Waals surface area contributed by atoms with Gasteiger partial charge < -0.3 is 10.6 Å². The highest BCUT2D eigenvalue weighted by Crippen LogP contribution is 2.28. The van der Waals surface area contributed by atoms with Crippen LogP contribution >= 0.6 is 12.2 Å². The van der Waals surface area contributed by atoms with Crippen LogP contribution in [0.15, 0.2) is 0 Å². The average Bonchev–Trinajstić information content (AvgIpc) is 2.51. The Bertz CT molecular complexity index is 306. The van der Waals surface area contributed by atoms with Gasteiger partial charge in [0.05, 0.1) is 10.4 Å². The van der Waals surface area contributed by atoms with Crippen molar-refractivity contribution >= 4 is 23.1 Å². The highest BCUT2D eigenvalue weighted by atomic mass is 32.1. The summed E-state index contributed by atoms with van der Waals surface area (Å²) < 4.78 is 0. The molecule has 2 atom stereocenters. The van der Waals surface area contributed by atoms with E-state index in [1.54, 1.807) is 0 Å². The molecule has 4 heteroatoms. The SMILES string of the molecule is CCC(C)(C(=O)N1CCCCCC1C)C(N)=S. The molecule has 1 saturated heterocycles. The summed E-state index contributed by atoms with van der Waals surface area (Å²) in [5.74, 6) is 0.113. The Balaban J connectivity index is 2.89. The topological polar surface area (TPSA) is 46.3 Å². The fourth-order valence-corrected chi connectivity index (χ4v) is 2.56. The zero-order valence-corrected chi connectivity index (χ0v) is 12.0. The lowest BCUT2D eigenvalue weighted by molar-refractivity contribution is -0.139. The van der Waals surface area contributed by atoms with E-state index in [1.165, 1.54) is 12.8 Å². The van der Waals surface area contributed by atoms with Gasteiger partial charge in [-0.3, -0.25) is 4.79 Å². The van der Waals surface area contributed by atoms with E-state index in [0.29, 0.717) is 17.5 Å². The molecule has 0 aromatic heterocycles. The van der Waals surface area contributed by atoms with E-state index in [1.807, 2.05) is 18.7 Å². The largest absolute Gasteiger partial charge is 0.392 e. The Morgan fingerprint density at radius 3 is 2.65 bits per heavy atom. The van der Waals surface area contributed by atoms with Gasteiger partial charge in [0.25, 0.3) is 0 Å². The lowest BCUT2D eigenvalue weighted by Crippen LogP contribution is -2.51. The number of hydrogen-bond acceptors (Lipinski definition) is 2. The van der Waals surface area contributed by atoms with E-state index < -0.39 is 5.41 Å². The van der Waals surface area contributed by atoms with Crippen molar-refractivity contribution in [3.05, 3.63) is 0 Å². The van der Waals surface area contributed by atoms with Crippen molar-refractivity contribution < 1.29 is 4.79 Å². The van der Waals surface area contributed by atoms with Gasteiger partial charge in [0, 0.05) is 12.6 Å². The maximum absolute atomic E-state index is 12.6. The van der Waals surface area contributed by atoms with Crippen LogP contribution in [-0.4, -0.2) is 28.4 Å². The third-order valence-electron chi connectivity index (χ3n) is 4.04. The molecule has 17 heavy (non-hydrogen) atoms. The van der Waals surface area contributed by atoms with Crippen LogP contribution in [0.25, 0.3) is 0 Å². The summed E-state index contributed by atoms with van der Waals surface area (Å²) in [4.78, 5) is 14.9. The molecular formula is C13H24N2OS. The second-order valence-electron chi connectivity index (χ2n) is 5.25. The van der Waals surface area contributed by atoms with Crippen molar-refractivity contribution in [3.63, 3.8) is 0 Å². The van der Waals surface area contributed by atoms with Crippen LogP contribution in [0, 0.1) is 5.41 Å². The van der Waals surface area contributed by atoms with Gasteiger partial charge in [-0.15, -0.1) is 0 Å². The van der Waals surface area contributed by atoms with Gasteiger partial charge in [0.2, 0.25) is 5.91 Å². The Kier molecular flexibility index (Phi) is 4.92. The number of rotatable bonds is 3.